The van der Waals surface area contributed by atoms with E-state index in [4.69, 9.17) is 4.42 Å². The van der Waals surface area contributed by atoms with Gasteiger partial charge in [-0.25, -0.2) is 0 Å². The van der Waals surface area contributed by atoms with Crippen LogP contribution in [0.25, 0.3) is 0 Å². The molecule has 9 heteroatoms. The second-order valence-electron chi connectivity index (χ2n) is 5.71. The maximum absolute atomic E-state index is 12.1. The number of carbonyl (C=O) groups excluding carboxylic acids is 2. The van der Waals surface area contributed by atoms with Crippen LogP contribution in [0.4, 0.5) is 11.4 Å². The number of furan rings is 1. The predicted molar refractivity (Wildman–Crippen MR) is 88.1 cm³/mol. The maximum atomic E-state index is 12.1. The Hall–Kier alpha value is -3.36. The largest absolute Gasteiger partial charge is 0.469 e. The number of nitro benzene ring substituents is 1. The summed E-state index contributed by atoms with van der Waals surface area (Å²) < 4.78 is 5.01. The number of hydrazine groups is 1. The summed E-state index contributed by atoms with van der Waals surface area (Å²) >= 11 is 0. The molecule has 0 atom stereocenters. The van der Waals surface area contributed by atoms with E-state index < -0.39 is 16.7 Å². The number of aryl methyl sites for hydroxylation is 1. The number of amides is 2. The molecule has 1 fully saturated rings. The van der Waals surface area contributed by atoms with Crippen molar-refractivity contribution < 1.29 is 18.9 Å². The zero-order chi connectivity index (χ0) is 18.0. The van der Waals surface area contributed by atoms with Crippen LogP contribution in [0.3, 0.4) is 0 Å². The van der Waals surface area contributed by atoms with Crippen molar-refractivity contribution in [1.82, 2.24) is 10.9 Å². The highest BCUT2D eigenvalue weighted by molar-refractivity contribution is 6.00. The molecule has 0 radical (unpaired) electrons. The number of nitrogens with one attached hydrogen (secondary N) is 3. The molecule has 1 saturated carbocycles. The first-order valence-corrected chi connectivity index (χ1v) is 7.65. The Bertz CT molecular complexity index is 841. The number of anilines is 1. The van der Waals surface area contributed by atoms with Crippen molar-refractivity contribution in [3.63, 3.8) is 0 Å². The summed E-state index contributed by atoms with van der Waals surface area (Å²) in [4.78, 5) is 34.7. The third-order valence-corrected chi connectivity index (χ3v) is 3.79. The molecule has 3 rings (SSSR count). The van der Waals surface area contributed by atoms with Gasteiger partial charge in [-0.3, -0.25) is 30.6 Å². The first-order chi connectivity index (χ1) is 12.0. The normalized spacial score (nSPS) is 13.2. The van der Waals surface area contributed by atoms with E-state index >= 15 is 0 Å². The number of hydrogen-bond acceptors (Lipinski definition) is 6. The fourth-order valence-electron chi connectivity index (χ4n) is 2.27. The van der Waals surface area contributed by atoms with Gasteiger partial charge in [-0.15, -0.1) is 0 Å². The quantitative estimate of drug-likeness (QED) is 0.563. The van der Waals surface area contributed by atoms with Crippen LogP contribution in [-0.2, 0) is 0 Å². The molecule has 1 aromatic carbocycles. The van der Waals surface area contributed by atoms with Gasteiger partial charge >= 0.3 is 0 Å². The smallest absolute Gasteiger partial charge is 0.293 e. The van der Waals surface area contributed by atoms with Crippen molar-refractivity contribution in [3.8, 4) is 0 Å². The highest BCUT2D eigenvalue weighted by atomic mass is 16.6. The van der Waals surface area contributed by atoms with E-state index in [-0.39, 0.29) is 22.9 Å². The van der Waals surface area contributed by atoms with Crippen LogP contribution in [0.2, 0.25) is 0 Å². The Morgan fingerprint density at radius 3 is 2.52 bits per heavy atom. The van der Waals surface area contributed by atoms with Gasteiger partial charge in [-0.05, 0) is 38.0 Å². The summed E-state index contributed by atoms with van der Waals surface area (Å²) in [6.45, 7) is 1.62. The summed E-state index contributed by atoms with van der Waals surface area (Å²) in [5, 5.41) is 14.3. The lowest BCUT2D eigenvalue weighted by atomic mass is 10.1. The third kappa shape index (κ3) is 3.77. The topological polar surface area (TPSA) is 127 Å². The molecule has 0 aliphatic heterocycles. The number of hydrogen-bond donors (Lipinski definition) is 3. The molecular weight excluding hydrogens is 328 g/mol. The number of benzene rings is 1. The minimum atomic E-state index is -0.657. The highest BCUT2D eigenvalue weighted by Gasteiger charge is 2.25. The van der Waals surface area contributed by atoms with Crippen LogP contribution >= 0.6 is 0 Å². The zero-order valence-corrected chi connectivity index (χ0v) is 13.4. The molecular formula is C16H16N4O5. The first kappa shape index (κ1) is 16.5. The molecule has 0 bridgehead atoms. The zero-order valence-electron chi connectivity index (χ0n) is 13.4. The summed E-state index contributed by atoms with van der Waals surface area (Å²) in [5.41, 5.74) is 5.02. The van der Waals surface area contributed by atoms with Gasteiger partial charge in [0.05, 0.1) is 16.7 Å². The van der Waals surface area contributed by atoms with E-state index in [2.05, 4.69) is 16.2 Å². The van der Waals surface area contributed by atoms with E-state index in [1.54, 1.807) is 6.92 Å². The fraction of sp³-hybridized carbons (Fsp3) is 0.250. The van der Waals surface area contributed by atoms with Crippen LogP contribution in [-0.4, -0.2) is 22.8 Å². The molecule has 9 nitrogen and oxygen atoms in total. The van der Waals surface area contributed by atoms with Gasteiger partial charge in [0.1, 0.15) is 11.4 Å². The Balaban J connectivity index is 1.69. The number of carbonyl (C=O) groups is 2. The lowest BCUT2D eigenvalue weighted by Crippen LogP contribution is -2.41. The lowest BCUT2D eigenvalue weighted by Gasteiger charge is -2.09. The van der Waals surface area contributed by atoms with Crippen molar-refractivity contribution in [2.45, 2.75) is 25.8 Å². The van der Waals surface area contributed by atoms with Crippen LogP contribution in [0.15, 0.2) is 34.9 Å². The van der Waals surface area contributed by atoms with Crippen molar-refractivity contribution in [2.75, 3.05) is 5.32 Å². The van der Waals surface area contributed by atoms with Gasteiger partial charge in [-0.1, -0.05) is 0 Å². The van der Waals surface area contributed by atoms with Crippen LogP contribution in [0.1, 0.15) is 39.3 Å². The third-order valence-electron chi connectivity index (χ3n) is 3.79. The minimum absolute atomic E-state index is 0.0669. The van der Waals surface area contributed by atoms with Crippen molar-refractivity contribution in [1.29, 1.82) is 0 Å². The van der Waals surface area contributed by atoms with Gasteiger partial charge in [0.25, 0.3) is 17.5 Å². The molecule has 1 aliphatic rings. The Morgan fingerprint density at radius 2 is 1.92 bits per heavy atom. The van der Waals surface area contributed by atoms with Crippen molar-refractivity contribution in [3.05, 3.63) is 57.5 Å². The lowest BCUT2D eigenvalue weighted by molar-refractivity contribution is -0.384. The van der Waals surface area contributed by atoms with Gasteiger partial charge in [0, 0.05) is 17.7 Å². The SMILES string of the molecule is Cc1occc1C(=O)NNC(=O)c1ccc(NC2CC2)c([N+](=O)[O-])c1. The summed E-state index contributed by atoms with van der Waals surface area (Å²) in [6, 6.07) is 5.85. The average Bonchev–Trinajstić information content (AvgIpc) is 3.30. The second kappa shape index (κ2) is 6.63. The van der Waals surface area contributed by atoms with E-state index in [1.807, 2.05) is 0 Å². The van der Waals surface area contributed by atoms with Gasteiger partial charge < -0.3 is 9.73 Å². The monoisotopic (exact) mass is 344 g/mol. The number of nitro groups is 1. The van der Waals surface area contributed by atoms with E-state index in [0.29, 0.717) is 11.4 Å². The van der Waals surface area contributed by atoms with Gasteiger partial charge in [0.15, 0.2) is 0 Å². The van der Waals surface area contributed by atoms with Crippen LogP contribution < -0.4 is 16.2 Å². The molecule has 2 aromatic rings. The van der Waals surface area contributed by atoms with E-state index in [1.165, 1.54) is 30.5 Å². The molecule has 1 heterocycles. The van der Waals surface area contributed by atoms with Gasteiger partial charge in [0.2, 0.25) is 0 Å². The van der Waals surface area contributed by atoms with Crippen molar-refractivity contribution >= 4 is 23.2 Å². The molecule has 3 N–H and O–H groups in total. The summed E-state index contributed by atoms with van der Waals surface area (Å²) in [5.74, 6) is -0.783. The standard InChI is InChI=1S/C16H16N4O5/c1-9-12(6-7-25-9)16(22)19-18-15(21)10-2-5-13(17-11-3-4-11)14(8-10)20(23)24/h2,5-8,11,17H,3-4H2,1H3,(H,18,21)(H,19,22). The Labute approximate surface area is 142 Å². The van der Waals surface area contributed by atoms with Crippen LogP contribution in [0, 0.1) is 17.0 Å². The number of nitrogens with zero attached hydrogens (tertiary/aromatic N) is 1. The average molecular weight is 344 g/mol. The summed E-state index contributed by atoms with van der Waals surface area (Å²) in [7, 11) is 0. The van der Waals surface area contributed by atoms with Crippen molar-refractivity contribution in [2.24, 2.45) is 0 Å². The second-order valence-corrected chi connectivity index (χ2v) is 5.71. The molecule has 0 unspecified atom stereocenters. The molecule has 1 aliphatic carbocycles. The fourth-order valence-corrected chi connectivity index (χ4v) is 2.27. The van der Waals surface area contributed by atoms with E-state index in [0.717, 1.165) is 12.8 Å². The minimum Gasteiger partial charge on any atom is -0.469 e. The highest BCUT2D eigenvalue weighted by Crippen LogP contribution is 2.31. The maximum Gasteiger partial charge on any atom is 0.293 e. The molecule has 0 saturated heterocycles. The molecule has 2 amide bonds. The van der Waals surface area contributed by atoms with E-state index in [9.17, 15) is 19.7 Å². The molecule has 1 aromatic heterocycles. The Kier molecular flexibility index (Phi) is 4.38. The molecule has 25 heavy (non-hydrogen) atoms. The Morgan fingerprint density at radius 1 is 1.20 bits per heavy atom. The van der Waals surface area contributed by atoms with Gasteiger partial charge in [-0.2, -0.15) is 0 Å². The predicted octanol–water partition coefficient (Wildman–Crippen LogP) is 2.15. The summed E-state index contributed by atoms with van der Waals surface area (Å²) in [6.07, 6.45) is 3.30. The van der Waals surface area contributed by atoms with Crippen LogP contribution in [0.5, 0.6) is 0 Å². The molecule has 130 valence electrons. The first-order valence-electron chi connectivity index (χ1n) is 7.65. The number of rotatable bonds is 5. The molecule has 0 spiro atoms.